The van der Waals surface area contributed by atoms with E-state index in [1.807, 2.05) is 0 Å². The Morgan fingerprint density at radius 2 is 2.08 bits per heavy atom. The standard InChI is InChI=1S/C6H8OS5/c1-9-4-5(10-3-2-7)12-6(8)11-4/h7H,2-3H2,1H3. The van der Waals surface area contributed by atoms with Crippen molar-refractivity contribution in [2.75, 3.05) is 18.6 Å². The number of rotatable bonds is 4. The fourth-order valence-corrected chi connectivity index (χ4v) is 6.11. The zero-order valence-electron chi connectivity index (χ0n) is 6.40. The van der Waals surface area contributed by atoms with Crippen LogP contribution in [0, 0.1) is 3.14 Å². The third-order valence-corrected chi connectivity index (χ3v) is 6.44. The van der Waals surface area contributed by atoms with Crippen LogP contribution in [0.15, 0.2) is 8.42 Å². The number of hydrogen-bond acceptors (Lipinski definition) is 6. The first-order chi connectivity index (χ1) is 5.77. The minimum Gasteiger partial charge on any atom is -0.396 e. The number of aliphatic hydroxyl groups excluding tert-OH is 1. The molecular weight excluding hydrogens is 248 g/mol. The second kappa shape index (κ2) is 5.62. The zero-order chi connectivity index (χ0) is 8.97. The SMILES string of the molecule is CSc1sc(=S)sc1SCCO. The van der Waals surface area contributed by atoms with E-state index in [2.05, 4.69) is 6.26 Å². The molecule has 1 N–H and O–H groups in total. The smallest absolute Gasteiger partial charge is 0.145 e. The van der Waals surface area contributed by atoms with Crippen molar-refractivity contribution in [2.45, 2.75) is 8.42 Å². The molecule has 0 bridgehead atoms. The number of thioether (sulfide) groups is 2. The summed E-state index contributed by atoms with van der Waals surface area (Å²) in [5.41, 5.74) is 0. The monoisotopic (exact) mass is 256 g/mol. The molecular formula is C6H8OS5. The summed E-state index contributed by atoms with van der Waals surface area (Å²) in [7, 11) is 0. The molecule has 0 aliphatic heterocycles. The van der Waals surface area contributed by atoms with Gasteiger partial charge in [0.05, 0.1) is 15.0 Å². The summed E-state index contributed by atoms with van der Waals surface area (Å²) in [6, 6.07) is 0. The van der Waals surface area contributed by atoms with Gasteiger partial charge in [-0.05, 0) is 6.26 Å². The summed E-state index contributed by atoms with van der Waals surface area (Å²) in [6.07, 6.45) is 2.05. The summed E-state index contributed by atoms with van der Waals surface area (Å²) in [6.45, 7) is 0.230. The van der Waals surface area contributed by atoms with E-state index >= 15 is 0 Å². The van der Waals surface area contributed by atoms with Crippen LogP contribution in [0.2, 0.25) is 0 Å². The average molecular weight is 256 g/mol. The molecule has 1 heterocycles. The molecule has 0 aromatic carbocycles. The van der Waals surface area contributed by atoms with Crippen LogP contribution in [-0.2, 0) is 0 Å². The van der Waals surface area contributed by atoms with Gasteiger partial charge >= 0.3 is 0 Å². The zero-order valence-corrected chi connectivity index (χ0v) is 10.5. The summed E-state index contributed by atoms with van der Waals surface area (Å²) < 4.78 is 3.51. The Morgan fingerprint density at radius 1 is 1.42 bits per heavy atom. The van der Waals surface area contributed by atoms with Gasteiger partial charge in [-0.3, -0.25) is 0 Å². The second-order valence-electron chi connectivity index (χ2n) is 1.81. The first-order valence-electron chi connectivity index (χ1n) is 3.19. The number of aliphatic hydroxyl groups is 1. The van der Waals surface area contributed by atoms with Gasteiger partial charge in [-0.25, -0.2) is 0 Å². The predicted molar refractivity (Wildman–Crippen MR) is 62.6 cm³/mol. The van der Waals surface area contributed by atoms with Gasteiger partial charge in [0.15, 0.2) is 0 Å². The Labute approximate surface area is 93.2 Å². The Kier molecular flexibility index (Phi) is 5.15. The van der Waals surface area contributed by atoms with Crippen molar-refractivity contribution in [1.82, 2.24) is 0 Å². The molecule has 1 nitrogen and oxygen atoms in total. The van der Waals surface area contributed by atoms with Gasteiger partial charge in [0, 0.05) is 5.75 Å². The van der Waals surface area contributed by atoms with E-state index in [9.17, 15) is 0 Å². The van der Waals surface area contributed by atoms with Gasteiger partial charge in [-0.15, -0.1) is 46.2 Å². The highest BCUT2D eigenvalue weighted by atomic mass is 32.2. The van der Waals surface area contributed by atoms with E-state index < -0.39 is 0 Å². The molecule has 0 amide bonds. The van der Waals surface area contributed by atoms with Crippen molar-refractivity contribution in [3.8, 4) is 0 Å². The predicted octanol–water partition coefficient (Wildman–Crippen LogP) is 3.35. The molecule has 0 atom stereocenters. The maximum Gasteiger partial charge on any atom is 0.145 e. The largest absolute Gasteiger partial charge is 0.396 e. The molecule has 0 saturated heterocycles. The van der Waals surface area contributed by atoms with Crippen LogP contribution in [0.1, 0.15) is 0 Å². The molecule has 0 unspecified atom stereocenters. The van der Waals surface area contributed by atoms with Crippen LogP contribution in [0.5, 0.6) is 0 Å². The van der Waals surface area contributed by atoms with E-state index in [-0.39, 0.29) is 6.61 Å². The van der Waals surface area contributed by atoms with E-state index in [1.54, 1.807) is 46.2 Å². The normalized spacial score (nSPS) is 10.5. The van der Waals surface area contributed by atoms with E-state index in [1.165, 1.54) is 8.42 Å². The average Bonchev–Trinajstić information content (AvgIpc) is 2.42. The highest BCUT2D eigenvalue weighted by Crippen LogP contribution is 2.39. The van der Waals surface area contributed by atoms with Crippen molar-refractivity contribution >= 4 is 58.4 Å². The molecule has 0 aliphatic carbocycles. The van der Waals surface area contributed by atoms with Crippen molar-refractivity contribution in [3.05, 3.63) is 3.14 Å². The third-order valence-electron chi connectivity index (χ3n) is 1.03. The molecule has 12 heavy (non-hydrogen) atoms. The van der Waals surface area contributed by atoms with E-state index in [0.717, 1.165) is 8.89 Å². The molecule has 0 aliphatic rings. The first-order valence-corrected chi connectivity index (χ1v) is 7.44. The maximum atomic E-state index is 8.65. The Balaban J connectivity index is 2.75. The van der Waals surface area contributed by atoms with Crippen LogP contribution < -0.4 is 0 Å². The van der Waals surface area contributed by atoms with Crippen molar-refractivity contribution in [2.24, 2.45) is 0 Å². The fourth-order valence-electron chi connectivity index (χ4n) is 0.607. The highest BCUT2D eigenvalue weighted by Gasteiger charge is 2.05. The minimum atomic E-state index is 0.230. The summed E-state index contributed by atoms with van der Waals surface area (Å²) in [4.78, 5) is 0. The summed E-state index contributed by atoms with van der Waals surface area (Å²) in [5.74, 6) is 0.759. The lowest BCUT2D eigenvalue weighted by atomic mass is 10.9. The van der Waals surface area contributed by atoms with Gasteiger partial charge in [-0.1, -0.05) is 12.2 Å². The molecule has 0 saturated carbocycles. The van der Waals surface area contributed by atoms with Gasteiger partial charge < -0.3 is 5.11 Å². The molecule has 1 aromatic heterocycles. The maximum absolute atomic E-state index is 8.65. The van der Waals surface area contributed by atoms with Gasteiger partial charge in [0.25, 0.3) is 0 Å². The molecule has 68 valence electrons. The molecule has 1 aromatic rings. The molecule has 6 heteroatoms. The highest BCUT2D eigenvalue weighted by molar-refractivity contribution is 8.05. The van der Waals surface area contributed by atoms with Crippen molar-refractivity contribution in [3.63, 3.8) is 0 Å². The second-order valence-corrected chi connectivity index (χ2v) is 7.47. The van der Waals surface area contributed by atoms with Gasteiger partial charge in [0.2, 0.25) is 0 Å². The lowest BCUT2D eigenvalue weighted by Crippen LogP contribution is -1.83. The summed E-state index contributed by atoms with van der Waals surface area (Å²) in [5, 5.41) is 8.65. The lowest BCUT2D eigenvalue weighted by Gasteiger charge is -1.95. The van der Waals surface area contributed by atoms with Crippen molar-refractivity contribution in [1.29, 1.82) is 0 Å². The third kappa shape index (κ3) is 3.01. The van der Waals surface area contributed by atoms with Crippen LogP contribution in [0.3, 0.4) is 0 Å². The van der Waals surface area contributed by atoms with Crippen LogP contribution in [0.25, 0.3) is 0 Å². The van der Waals surface area contributed by atoms with Crippen LogP contribution >= 0.6 is 58.4 Å². The first kappa shape index (κ1) is 11.0. The molecule has 0 spiro atoms. The molecule has 1 rings (SSSR count). The van der Waals surface area contributed by atoms with E-state index in [0.29, 0.717) is 0 Å². The Bertz CT molecular complexity index is 288. The topological polar surface area (TPSA) is 20.2 Å². The number of hydrogen-bond donors (Lipinski definition) is 1. The minimum absolute atomic E-state index is 0.230. The lowest BCUT2D eigenvalue weighted by molar-refractivity contribution is 0.322. The van der Waals surface area contributed by atoms with Crippen LogP contribution in [0.4, 0.5) is 0 Å². The summed E-state index contributed by atoms with van der Waals surface area (Å²) >= 11 is 11.8. The van der Waals surface area contributed by atoms with Crippen molar-refractivity contribution < 1.29 is 5.11 Å². The Morgan fingerprint density at radius 3 is 2.67 bits per heavy atom. The molecule has 0 fully saturated rings. The van der Waals surface area contributed by atoms with Crippen LogP contribution in [-0.4, -0.2) is 23.7 Å². The quantitative estimate of drug-likeness (QED) is 0.658. The fraction of sp³-hybridized carbons (Fsp3) is 0.500. The van der Waals surface area contributed by atoms with E-state index in [4.69, 9.17) is 17.3 Å². The van der Waals surface area contributed by atoms with Gasteiger partial charge in [-0.2, -0.15) is 0 Å². The Hall–Kier alpha value is 0.930. The van der Waals surface area contributed by atoms with Gasteiger partial charge in [0.1, 0.15) is 3.14 Å². The molecule has 0 radical (unpaired) electrons.